The molecule has 0 N–H and O–H groups in total. The third kappa shape index (κ3) is 66.1. The maximum Gasteiger partial charge on any atom is 1.00 e. The van der Waals surface area contributed by atoms with Gasteiger partial charge in [-0.25, -0.2) is 0 Å². The van der Waals surface area contributed by atoms with Gasteiger partial charge in [0.2, 0.25) is 0 Å². The molecule has 6 aromatic heterocycles. The minimum Gasteiger partial charge on any atom is -0.256 e. The standard InChI is InChI=1S/C42H36N4P2.8C2H3N.4Cu.4F6P/c1-2-14-32-31(13-1)39(35-17-5-9-25-43-35)47(40(32)36-18-6-10-26-44-36)29-21-23-30(24-22-29)48-41(37-19-7-11-27-45-37)33-15-3-4-16-34(33)42(48)38-20-8-12-28-46-38;8*1-2-3;;;;;4*1-7(2,3,4,5)6/h5-12,17-28H,1-4,13-16H2;8*1H3;;;;;;;;/q;;;;;;;;;4*+1;4*-1. The zero-order valence-electron chi connectivity index (χ0n) is 54.5. The third-order valence-electron chi connectivity index (χ3n) is 9.97. The van der Waals surface area contributed by atoms with Gasteiger partial charge in [-0.2, -0.15) is 42.1 Å². The van der Waals surface area contributed by atoms with Gasteiger partial charge in [0.1, 0.15) is 0 Å². The zero-order chi connectivity index (χ0) is 79.2. The van der Waals surface area contributed by atoms with Gasteiger partial charge in [0.15, 0.2) is 0 Å². The quantitative estimate of drug-likeness (QED) is 0.0857. The number of hydrogen-bond donors (Lipinski definition) is 0. The molecule has 594 valence electrons. The van der Waals surface area contributed by atoms with Crippen LogP contribution in [0.5, 0.6) is 0 Å². The Balaban J connectivity index is -0.000000225. The minimum atomic E-state index is -10.7. The Morgan fingerprint density at radius 2 is 0.385 bits per heavy atom. The summed E-state index contributed by atoms with van der Waals surface area (Å²) in [4.78, 5) is 19.8. The second-order valence-corrected chi connectivity index (χ2v) is 30.2. The van der Waals surface area contributed by atoms with Crippen molar-refractivity contribution in [2.24, 2.45) is 0 Å². The van der Waals surface area contributed by atoms with Crippen LogP contribution in [0.25, 0.3) is 54.6 Å². The van der Waals surface area contributed by atoms with Crippen LogP contribution in [0.2, 0.25) is 0 Å². The fraction of sp³-hybridized carbons (Fsp3) is 0.276. The molecule has 0 fully saturated rings. The first-order chi connectivity index (χ1) is 45.0. The number of nitriles is 8. The molecule has 0 saturated carbocycles. The topological polar surface area (TPSA) is 242 Å². The van der Waals surface area contributed by atoms with Crippen molar-refractivity contribution in [1.29, 1.82) is 42.1 Å². The van der Waals surface area contributed by atoms with Gasteiger partial charge in [0.25, 0.3) is 0 Å². The molecule has 0 saturated heterocycles. The first-order valence-corrected chi connectivity index (χ1v) is 37.8. The van der Waals surface area contributed by atoms with Crippen molar-refractivity contribution in [3.8, 4) is 103 Å². The molecule has 1 aromatic carbocycles. The van der Waals surface area contributed by atoms with Crippen LogP contribution >= 0.6 is 46.3 Å². The van der Waals surface area contributed by atoms with E-state index < -0.39 is 46.3 Å². The molecule has 0 spiro atoms. The fourth-order valence-corrected chi connectivity index (χ4v) is 13.9. The van der Waals surface area contributed by atoms with E-state index in [-0.39, 0.29) is 68.3 Å². The molecule has 12 nitrogen and oxygen atoms in total. The normalized spacial score (nSPS) is 13.3. The molecule has 46 heteroatoms. The molecule has 0 atom stereocenters. The van der Waals surface area contributed by atoms with Crippen LogP contribution in [-0.4, -0.2) is 19.9 Å². The molecule has 0 unspecified atom stereocenters. The van der Waals surface area contributed by atoms with Crippen LogP contribution < -0.4 is 0 Å². The summed E-state index contributed by atoms with van der Waals surface area (Å²) in [5, 5.41) is 67.0. The van der Waals surface area contributed by atoms with Gasteiger partial charge in [0.05, 0.1) is 71.3 Å². The van der Waals surface area contributed by atoms with E-state index in [9.17, 15) is 101 Å². The maximum atomic E-state index is 9.87. The number of fused-ring (bicyclic) bond motifs is 2. The van der Waals surface area contributed by atoms with E-state index in [0.717, 1.165) is 48.5 Å². The Labute approximate surface area is 627 Å². The molecular weight excluding hydrogens is 1760 g/mol. The van der Waals surface area contributed by atoms with E-state index in [1.807, 2.05) is 49.1 Å². The maximum absolute atomic E-state index is 10.7. The van der Waals surface area contributed by atoms with Crippen molar-refractivity contribution in [3.63, 3.8) is 0 Å². The van der Waals surface area contributed by atoms with E-state index in [1.54, 1.807) is 48.6 Å². The van der Waals surface area contributed by atoms with E-state index in [4.69, 9.17) is 62.0 Å². The third-order valence-corrected chi connectivity index (χ3v) is 15.4. The second kappa shape index (κ2) is 43.9. The van der Waals surface area contributed by atoms with Crippen molar-refractivity contribution in [2.45, 2.75) is 107 Å². The van der Waals surface area contributed by atoms with E-state index >= 15 is 0 Å². The largest absolute Gasteiger partial charge is 1.00 e. The van der Waals surface area contributed by atoms with Crippen molar-refractivity contribution >= 4 is 46.3 Å². The number of benzene rings is 1. The Morgan fingerprint density at radius 1 is 0.260 bits per heavy atom. The molecule has 0 radical (unpaired) electrons. The SMILES string of the molecule is CC#N.CC#N.CC#N.CC#N.CC#N.CC#N.CC#N.CC#N.F[P-](F)(F)(F)(F)F.F[P-](F)(F)(F)(F)F.F[P-](F)(F)(F)(F)F.F[P-](F)(F)(F)(F)F.[Cu+].[Cu+].[Cu+].[Cu+].c1ccc(-c2c3c(c(-c4ccccn4)p2-c2ccc(-p4c(-c5ccccn5)c5c(c4-c4ccccn4)CCCC5)cc2)CCCC3)nc1. The molecule has 2 aliphatic rings. The van der Waals surface area contributed by atoms with Crippen LogP contribution in [0.4, 0.5) is 101 Å². The zero-order valence-corrected chi connectivity index (χ0v) is 63.7. The smallest absolute Gasteiger partial charge is 0.256 e. The van der Waals surface area contributed by atoms with E-state index in [2.05, 4.69) is 72.8 Å². The van der Waals surface area contributed by atoms with Crippen LogP contribution in [0.15, 0.2) is 122 Å². The predicted octanol–water partition coefficient (Wildman–Crippen LogP) is 29.4. The molecule has 9 rings (SSSR count). The van der Waals surface area contributed by atoms with Crippen molar-refractivity contribution < 1.29 is 169 Å². The number of nitrogens with zero attached hydrogens (tertiary/aromatic N) is 12. The Hall–Kier alpha value is -6.58. The first-order valence-electron chi connectivity index (χ1n) is 27.0. The Morgan fingerprint density at radius 3 is 0.490 bits per heavy atom. The van der Waals surface area contributed by atoms with Crippen molar-refractivity contribution in [2.75, 3.05) is 0 Å². The summed E-state index contributed by atoms with van der Waals surface area (Å²) in [7, 11) is -44.3. The minimum absolute atomic E-state index is 0. The van der Waals surface area contributed by atoms with E-state index in [0.29, 0.717) is 0 Å². The van der Waals surface area contributed by atoms with Gasteiger partial charge in [-0.3, -0.25) is 19.9 Å². The number of pyridine rings is 4. The molecule has 6 heterocycles. The second-order valence-electron chi connectivity index (χ2n) is 18.4. The Kier molecular flexibility index (Phi) is 47.8. The summed E-state index contributed by atoms with van der Waals surface area (Å²) in [5.74, 6) is 0. The van der Waals surface area contributed by atoms with Crippen molar-refractivity contribution in [3.05, 3.63) is 144 Å². The van der Waals surface area contributed by atoms with Gasteiger partial charge in [-0.1, -0.05) is 39.3 Å². The van der Waals surface area contributed by atoms with Crippen LogP contribution in [-0.2, 0) is 94.0 Å². The van der Waals surface area contributed by atoms with E-state index in [1.165, 1.54) is 135 Å². The summed E-state index contributed by atoms with van der Waals surface area (Å²) in [6, 6.07) is 49.2. The number of hydrogen-bond acceptors (Lipinski definition) is 12. The van der Waals surface area contributed by atoms with Gasteiger partial charge >= 0.3 is 200 Å². The monoisotopic (exact) mass is 1820 g/mol. The van der Waals surface area contributed by atoms with Crippen LogP contribution in [0.3, 0.4) is 0 Å². The number of rotatable bonds is 6. The average Bonchev–Trinajstić information content (AvgIpc) is 1.58. The average molecular weight is 1820 g/mol. The summed E-state index contributed by atoms with van der Waals surface area (Å²) < 4.78 is 237. The van der Waals surface area contributed by atoms with Crippen LogP contribution in [0.1, 0.15) is 103 Å². The number of halogens is 24. The van der Waals surface area contributed by atoms with Gasteiger partial charge in [-0.05, 0) is 157 Å². The van der Waals surface area contributed by atoms with Gasteiger partial charge < -0.3 is 0 Å². The molecule has 0 bridgehead atoms. The molecule has 2 aliphatic carbocycles. The summed E-state index contributed by atoms with van der Waals surface area (Å²) in [6.45, 7) is 11.4. The fourth-order valence-electron chi connectivity index (χ4n) is 7.97. The molecule has 0 aliphatic heterocycles. The molecule has 0 amide bonds. The first kappa shape index (κ1) is 113. The van der Waals surface area contributed by atoms with Crippen LogP contribution in [0, 0.1) is 90.6 Å². The molecule has 7 aromatic rings. The predicted molar refractivity (Wildman–Crippen MR) is 345 cm³/mol. The van der Waals surface area contributed by atoms with Gasteiger partial charge in [-0.15, -0.1) is 0 Å². The Bertz CT molecular complexity index is 3470. The van der Waals surface area contributed by atoms with Crippen molar-refractivity contribution in [1.82, 2.24) is 19.9 Å². The molecular formula is C58H60Cu4F24N12P6. The van der Waals surface area contributed by atoms with Gasteiger partial charge in [0, 0.05) is 101 Å². The molecule has 104 heavy (non-hydrogen) atoms. The summed E-state index contributed by atoms with van der Waals surface area (Å²) in [6.07, 6.45) is 17.2. The summed E-state index contributed by atoms with van der Waals surface area (Å²) in [5.41, 5.74) is 10.5. The number of aromatic nitrogens is 4. The summed E-state index contributed by atoms with van der Waals surface area (Å²) >= 11 is 0.